The van der Waals surface area contributed by atoms with E-state index in [9.17, 15) is 4.79 Å². The van der Waals surface area contributed by atoms with Gasteiger partial charge in [-0.2, -0.15) is 0 Å². The lowest BCUT2D eigenvalue weighted by Crippen LogP contribution is -2.43. The van der Waals surface area contributed by atoms with E-state index in [0.717, 1.165) is 0 Å². The van der Waals surface area contributed by atoms with Gasteiger partial charge in [-0.1, -0.05) is 0 Å². The average Bonchev–Trinajstić information content (AvgIpc) is 2.30. The highest BCUT2D eigenvalue weighted by molar-refractivity contribution is 7.10. The molecule has 0 rings (SSSR count). The molecule has 1 atom stereocenters. The molecule has 1 amide bonds. The molecule has 0 aliphatic carbocycles. The van der Waals surface area contributed by atoms with Crippen LogP contribution in [0.1, 0.15) is 6.42 Å². The standard InChI is InChI=1S/C7H18NO5PSi.FH/c1-10-15(11-2,12-3)6-4-5-8-7(9)13-14;/h4-6,14H2,1-3H3,(H,8,9);1H. The van der Waals surface area contributed by atoms with E-state index < -0.39 is 14.9 Å². The van der Waals surface area contributed by atoms with Crippen LogP contribution in [0.25, 0.3) is 0 Å². The van der Waals surface area contributed by atoms with Gasteiger partial charge in [0.25, 0.3) is 0 Å². The SMILES string of the molecule is CO[Si](CCCNC(=O)OP)(OC)OC.F. The van der Waals surface area contributed by atoms with E-state index in [1.807, 2.05) is 9.47 Å². The summed E-state index contributed by atoms with van der Waals surface area (Å²) in [6, 6.07) is 0.646. The fourth-order valence-corrected chi connectivity index (χ4v) is 2.90. The Balaban J connectivity index is 0. The molecule has 0 saturated heterocycles. The van der Waals surface area contributed by atoms with Crippen molar-refractivity contribution in [3.05, 3.63) is 0 Å². The van der Waals surface area contributed by atoms with E-state index in [1.54, 1.807) is 21.3 Å². The number of halogens is 1. The first-order valence-electron chi connectivity index (χ1n) is 4.44. The van der Waals surface area contributed by atoms with Gasteiger partial charge in [0.15, 0.2) is 0 Å². The summed E-state index contributed by atoms with van der Waals surface area (Å²) in [5, 5.41) is 2.55. The summed E-state index contributed by atoms with van der Waals surface area (Å²) in [5.41, 5.74) is 0. The lowest BCUT2D eigenvalue weighted by molar-refractivity contribution is 0.123. The maximum Gasteiger partial charge on any atom is 0.500 e. The second-order valence-electron chi connectivity index (χ2n) is 2.73. The lowest BCUT2D eigenvalue weighted by atomic mass is 10.5. The fraction of sp³-hybridized carbons (Fsp3) is 0.857. The second-order valence-corrected chi connectivity index (χ2v) is 6.06. The van der Waals surface area contributed by atoms with Gasteiger partial charge in [-0.15, -0.1) is 0 Å². The van der Waals surface area contributed by atoms with Crippen LogP contribution in [0, 0.1) is 0 Å². The third-order valence-corrected chi connectivity index (χ3v) is 5.02. The zero-order chi connectivity index (χ0) is 11.7. The Morgan fingerprint density at radius 1 is 1.25 bits per heavy atom. The topological polar surface area (TPSA) is 66.0 Å². The summed E-state index contributed by atoms with van der Waals surface area (Å²) in [7, 11) is 4.06. The largest absolute Gasteiger partial charge is 0.500 e. The molecule has 9 heteroatoms. The van der Waals surface area contributed by atoms with Crippen LogP contribution in [-0.2, 0) is 17.8 Å². The summed E-state index contributed by atoms with van der Waals surface area (Å²) in [6.07, 6.45) is 0.237. The molecule has 0 saturated carbocycles. The van der Waals surface area contributed by atoms with Crippen LogP contribution >= 0.6 is 9.47 Å². The average molecular weight is 275 g/mol. The molecule has 0 aromatic heterocycles. The number of hydrogen-bond donors (Lipinski definition) is 1. The number of amides is 1. The molecule has 16 heavy (non-hydrogen) atoms. The van der Waals surface area contributed by atoms with Gasteiger partial charge < -0.3 is 23.1 Å². The molecule has 1 N–H and O–H groups in total. The molecule has 0 heterocycles. The number of carbonyl (C=O) groups is 1. The number of nitrogens with one attached hydrogen (secondary N) is 1. The van der Waals surface area contributed by atoms with E-state index in [0.29, 0.717) is 19.0 Å². The van der Waals surface area contributed by atoms with Gasteiger partial charge in [-0.3, -0.25) is 4.70 Å². The molecule has 0 aromatic rings. The van der Waals surface area contributed by atoms with Gasteiger partial charge >= 0.3 is 14.9 Å². The van der Waals surface area contributed by atoms with Gasteiger partial charge in [0.1, 0.15) is 0 Å². The molecule has 1 unspecified atom stereocenters. The van der Waals surface area contributed by atoms with Crippen molar-refractivity contribution < 1.29 is 27.3 Å². The zero-order valence-corrected chi connectivity index (χ0v) is 11.8. The van der Waals surface area contributed by atoms with Gasteiger partial charge in [0, 0.05) is 33.9 Å². The highest BCUT2D eigenvalue weighted by atomic mass is 31.0. The maximum absolute atomic E-state index is 10.7. The van der Waals surface area contributed by atoms with Crippen molar-refractivity contribution in [1.82, 2.24) is 5.32 Å². The van der Waals surface area contributed by atoms with E-state index in [2.05, 4.69) is 9.84 Å². The van der Waals surface area contributed by atoms with Crippen molar-refractivity contribution in [2.45, 2.75) is 12.5 Å². The Labute approximate surface area is 98.0 Å². The van der Waals surface area contributed by atoms with Crippen LogP contribution in [0.4, 0.5) is 9.50 Å². The maximum atomic E-state index is 10.7. The summed E-state index contributed by atoms with van der Waals surface area (Å²) in [6.45, 7) is 0.498. The lowest BCUT2D eigenvalue weighted by Gasteiger charge is -2.24. The van der Waals surface area contributed by atoms with Gasteiger partial charge in [-0.25, -0.2) is 4.79 Å². The fourth-order valence-electron chi connectivity index (χ4n) is 1.09. The van der Waals surface area contributed by atoms with Crippen LogP contribution in [0.5, 0.6) is 0 Å². The van der Waals surface area contributed by atoms with Crippen LogP contribution < -0.4 is 5.32 Å². The van der Waals surface area contributed by atoms with E-state index in [1.165, 1.54) is 0 Å². The normalized spacial score (nSPS) is 10.5. The Morgan fingerprint density at radius 3 is 2.12 bits per heavy atom. The van der Waals surface area contributed by atoms with E-state index in [4.69, 9.17) is 13.3 Å². The molecule has 0 aromatic carbocycles. The summed E-state index contributed by atoms with van der Waals surface area (Å²) < 4.78 is 20.0. The van der Waals surface area contributed by atoms with Crippen LogP contribution in [0.15, 0.2) is 0 Å². The Kier molecular flexibility index (Phi) is 11.2. The van der Waals surface area contributed by atoms with Crippen molar-refractivity contribution in [2.24, 2.45) is 0 Å². The first-order valence-corrected chi connectivity index (χ1v) is 6.84. The highest BCUT2D eigenvalue weighted by Gasteiger charge is 2.36. The minimum absolute atomic E-state index is 0. The van der Waals surface area contributed by atoms with Gasteiger partial charge in [-0.05, 0) is 6.42 Å². The molecule has 0 bridgehead atoms. The Morgan fingerprint density at radius 2 is 1.75 bits per heavy atom. The van der Waals surface area contributed by atoms with Crippen LogP contribution in [0.2, 0.25) is 6.04 Å². The van der Waals surface area contributed by atoms with Crippen molar-refractivity contribution >= 4 is 24.4 Å². The first-order chi connectivity index (χ1) is 7.14. The molecular formula is C7H19FNO5PSi. The first kappa shape index (κ1) is 18.1. The zero-order valence-electron chi connectivity index (χ0n) is 9.65. The van der Waals surface area contributed by atoms with Crippen molar-refractivity contribution in [3.63, 3.8) is 0 Å². The predicted octanol–water partition coefficient (Wildman–Crippen LogP) is 0.923. The quantitative estimate of drug-likeness (QED) is 0.425. The summed E-state index contributed by atoms with van der Waals surface area (Å²) in [4.78, 5) is 10.7. The Bertz CT molecular complexity index is 187. The number of carbonyl (C=O) groups excluding carboxylic acids is 1. The number of rotatable bonds is 7. The molecular weight excluding hydrogens is 256 g/mol. The third kappa shape index (κ3) is 6.34. The summed E-state index contributed by atoms with van der Waals surface area (Å²) in [5.74, 6) is 0. The molecule has 0 aliphatic rings. The highest BCUT2D eigenvalue weighted by Crippen LogP contribution is 2.14. The van der Waals surface area contributed by atoms with Crippen LogP contribution in [0.3, 0.4) is 0 Å². The van der Waals surface area contributed by atoms with Crippen molar-refractivity contribution in [3.8, 4) is 0 Å². The molecule has 0 aliphatic heterocycles. The smallest absolute Gasteiger partial charge is 0.435 e. The summed E-state index contributed by atoms with van der Waals surface area (Å²) >= 11 is 0. The molecule has 6 nitrogen and oxygen atoms in total. The van der Waals surface area contributed by atoms with Crippen molar-refractivity contribution in [1.29, 1.82) is 0 Å². The number of hydrogen-bond acceptors (Lipinski definition) is 5. The van der Waals surface area contributed by atoms with Crippen LogP contribution in [-0.4, -0.2) is 42.8 Å². The third-order valence-electron chi connectivity index (χ3n) is 1.97. The monoisotopic (exact) mass is 275 g/mol. The molecule has 0 fully saturated rings. The minimum Gasteiger partial charge on any atom is -0.435 e. The Hall–Kier alpha value is -0.273. The van der Waals surface area contributed by atoms with Crippen molar-refractivity contribution in [2.75, 3.05) is 27.9 Å². The molecule has 0 radical (unpaired) electrons. The van der Waals surface area contributed by atoms with Gasteiger partial charge in [0.2, 0.25) is 0 Å². The molecule has 0 spiro atoms. The van der Waals surface area contributed by atoms with E-state index >= 15 is 0 Å². The second kappa shape index (κ2) is 9.92. The van der Waals surface area contributed by atoms with E-state index in [-0.39, 0.29) is 4.70 Å². The van der Waals surface area contributed by atoms with Gasteiger partial charge in [0.05, 0.1) is 9.47 Å². The molecule has 98 valence electrons. The minimum atomic E-state index is -2.50. The predicted molar refractivity (Wildman–Crippen MR) is 62.9 cm³/mol.